The topological polar surface area (TPSA) is 103 Å². The van der Waals surface area contributed by atoms with E-state index < -0.39 is 11.5 Å². The van der Waals surface area contributed by atoms with E-state index in [0.717, 1.165) is 37.0 Å². The zero-order valence-corrected chi connectivity index (χ0v) is 20.7. The van der Waals surface area contributed by atoms with E-state index in [-0.39, 0.29) is 35.8 Å². The summed E-state index contributed by atoms with van der Waals surface area (Å²) in [6.07, 6.45) is 5.83. The lowest BCUT2D eigenvalue weighted by Crippen LogP contribution is -2.65. The van der Waals surface area contributed by atoms with Crippen LogP contribution in [-0.4, -0.2) is 64.3 Å². The zero-order valence-electron chi connectivity index (χ0n) is 20.7. The number of rotatable bonds is 8. The van der Waals surface area contributed by atoms with Gasteiger partial charge in [0.15, 0.2) is 5.69 Å². The number of hydrogen-bond acceptors (Lipinski definition) is 6. The number of hydrogen-bond donors (Lipinski definition) is 1. The predicted octanol–water partition coefficient (Wildman–Crippen LogP) is 2.97. The standard InChI is InChI=1S/C26H34N4O5/c1-4-35-20-12-10-18(11-13-20)14-15-29-23(31)22-16-21(24(32)34-3)28-30(22)17-26(29,2)25(33)27-19-8-6-5-7-9-19/h10-13,16,19H,4-9,14-15,17H2,1-3H3,(H,27,33). The van der Waals surface area contributed by atoms with Crippen LogP contribution in [0.25, 0.3) is 0 Å². The van der Waals surface area contributed by atoms with E-state index in [0.29, 0.717) is 19.6 Å². The van der Waals surface area contributed by atoms with Gasteiger partial charge in [-0.25, -0.2) is 4.79 Å². The third-order valence-electron chi connectivity index (χ3n) is 6.98. The Hall–Kier alpha value is -3.36. The third kappa shape index (κ3) is 5.18. The van der Waals surface area contributed by atoms with Crippen molar-refractivity contribution in [2.75, 3.05) is 20.3 Å². The van der Waals surface area contributed by atoms with Crippen LogP contribution < -0.4 is 10.1 Å². The highest BCUT2D eigenvalue weighted by atomic mass is 16.5. The molecule has 2 aromatic rings. The Morgan fingerprint density at radius 2 is 1.89 bits per heavy atom. The van der Waals surface area contributed by atoms with Gasteiger partial charge in [0, 0.05) is 18.7 Å². The molecule has 0 radical (unpaired) electrons. The van der Waals surface area contributed by atoms with E-state index in [1.807, 2.05) is 31.2 Å². The number of nitrogens with one attached hydrogen (secondary N) is 1. The monoisotopic (exact) mass is 482 g/mol. The molecule has 2 amide bonds. The lowest BCUT2D eigenvalue weighted by molar-refractivity contribution is -0.134. The minimum Gasteiger partial charge on any atom is -0.494 e. The van der Waals surface area contributed by atoms with Gasteiger partial charge >= 0.3 is 5.97 Å². The van der Waals surface area contributed by atoms with Crippen molar-refractivity contribution in [1.82, 2.24) is 20.0 Å². The van der Waals surface area contributed by atoms with Crippen molar-refractivity contribution < 1.29 is 23.9 Å². The fraction of sp³-hybridized carbons (Fsp3) is 0.538. The molecule has 9 heteroatoms. The molecule has 1 unspecified atom stereocenters. The Morgan fingerprint density at radius 1 is 1.17 bits per heavy atom. The van der Waals surface area contributed by atoms with Gasteiger partial charge in [0.05, 0.1) is 20.3 Å². The molecule has 2 aliphatic rings. The number of esters is 1. The second kappa shape index (κ2) is 10.5. The van der Waals surface area contributed by atoms with Gasteiger partial charge in [-0.05, 0) is 50.8 Å². The molecular weight excluding hydrogens is 448 g/mol. The average molecular weight is 483 g/mol. The van der Waals surface area contributed by atoms with Crippen molar-refractivity contribution in [2.24, 2.45) is 0 Å². The van der Waals surface area contributed by atoms with Crippen LogP contribution in [-0.2, 0) is 22.5 Å². The molecule has 1 aliphatic heterocycles. The lowest BCUT2D eigenvalue weighted by atomic mass is 9.91. The molecule has 0 bridgehead atoms. The summed E-state index contributed by atoms with van der Waals surface area (Å²) in [6, 6.07) is 9.31. The molecule has 1 saturated carbocycles. The second-order valence-corrected chi connectivity index (χ2v) is 9.43. The van der Waals surface area contributed by atoms with Gasteiger partial charge in [-0.1, -0.05) is 31.4 Å². The van der Waals surface area contributed by atoms with Crippen molar-refractivity contribution in [3.63, 3.8) is 0 Å². The number of aromatic nitrogens is 2. The van der Waals surface area contributed by atoms with Gasteiger partial charge < -0.3 is 19.7 Å². The Bertz CT molecular complexity index is 1070. The van der Waals surface area contributed by atoms with Crippen molar-refractivity contribution in [3.05, 3.63) is 47.3 Å². The average Bonchev–Trinajstić information content (AvgIpc) is 3.29. The number of carbonyl (C=O) groups is 3. The summed E-state index contributed by atoms with van der Waals surface area (Å²) >= 11 is 0. The van der Waals surface area contributed by atoms with Gasteiger partial charge in [-0.2, -0.15) is 5.10 Å². The molecule has 1 atom stereocenters. The van der Waals surface area contributed by atoms with Crippen molar-refractivity contribution in [3.8, 4) is 5.75 Å². The first kappa shape index (κ1) is 24.8. The first-order valence-electron chi connectivity index (χ1n) is 12.4. The highest BCUT2D eigenvalue weighted by Crippen LogP contribution is 2.29. The molecule has 1 aromatic carbocycles. The van der Waals surface area contributed by atoms with Gasteiger partial charge in [-0.15, -0.1) is 0 Å². The van der Waals surface area contributed by atoms with E-state index in [4.69, 9.17) is 9.47 Å². The highest BCUT2D eigenvalue weighted by molar-refractivity contribution is 6.01. The number of amides is 2. The van der Waals surface area contributed by atoms with Crippen LogP contribution >= 0.6 is 0 Å². The number of benzene rings is 1. The first-order valence-corrected chi connectivity index (χ1v) is 12.4. The molecule has 1 fully saturated rings. The summed E-state index contributed by atoms with van der Waals surface area (Å²) in [5.41, 5.74) is 0.219. The van der Waals surface area contributed by atoms with E-state index in [2.05, 4.69) is 10.4 Å². The van der Waals surface area contributed by atoms with E-state index >= 15 is 0 Å². The smallest absolute Gasteiger partial charge is 0.358 e. The first-order chi connectivity index (χ1) is 16.9. The number of ether oxygens (including phenoxy) is 2. The summed E-state index contributed by atoms with van der Waals surface area (Å²) in [7, 11) is 1.27. The minimum atomic E-state index is -1.15. The molecule has 4 rings (SSSR count). The molecule has 1 aromatic heterocycles. The number of fused-ring (bicyclic) bond motifs is 1. The van der Waals surface area contributed by atoms with Crippen LogP contribution in [0, 0.1) is 0 Å². The molecular formula is C26H34N4O5. The van der Waals surface area contributed by atoms with Crippen molar-refractivity contribution in [2.45, 2.75) is 70.5 Å². The fourth-order valence-electron chi connectivity index (χ4n) is 4.94. The molecule has 35 heavy (non-hydrogen) atoms. The third-order valence-corrected chi connectivity index (χ3v) is 6.98. The maximum absolute atomic E-state index is 13.6. The largest absolute Gasteiger partial charge is 0.494 e. The summed E-state index contributed by atoms with van der Waals surface area (Å²) in [4.78, 5) is 40.9. The SMILES string of the molecule is CCOc1ccc(CCN2C(=O)c3cc(C(=O)OC)nn3CC2(C)C(=O)NC2CCCCC2)cc1. The maximum Gasteiger partial charge on any atom is 0.358 e. The van der Waals surface area contributed by atoms with E-state index in [9.17, 15) is 14.4 Å². The van der Waals surface area contributed by atoms with Crippen LogP contribution in [0.3, 0.4) is 0 Å². The number of carbonyl (C=O) groups excluding carboxylic acids is 3. The van der Waals surface area contributed by atoms with Gasteiger partial charge in [-0.3, -0.25) is 14.3 Å². The summed E-state index contributed by atoms with van der Waals surface area (Å²) < 4.78 is 11.8. The summed E-state index contributed by atoms with van der Waals surface area (Å²) in [5.74, 6) is -0.341. The minimum absolute atomic E-state index is 0.0549. The van der Waals surface area contributed by atoms with Gasteiger partial charge in [0.25, 0.3) is 5.91 Å². The van der Waals surface area contributed by atoms with Crippen LogP contribution in [0.15, 0.2) is 30.3 Å². The molecule has 0 saturated heterocycles. The quantitative estimate of drug-likeness (QED) is 0.581. The van der Waals surface area contributed by atoms with Crippen LogP contribution in [0.4, 0.5) is 0 Å². The van der Waals surface area contributed by atoms with E-state index in [1.54, 1.807) is 11.8 Å². The normalized spacial score (nSPS) is 20.3. The zero-order chi connectivity index (χ0) is 25.0. The summed E-state index contributed by atoms with van der Waals surface area (Å²) in [5, 5.41) is 7.47. The molecule has 9 nitrogen and oxygen atoms in total. The summed E-state index contributed by atoms with van der Waals surface area (Å²) in [6.45, 7) is 4.82. The Labute approximate surface area is 205 Å². The highest BCUT2D eigenvalue weighted by Gasteiger charge is 2.48. The molecule has 1 N–H and O–H groups in total. The second-order valence-electron chi connectivity index (χ2n) is 9.43. The Morgan fingerprint density at radius 3 is 2.54 bits per heavy atom. The number of methoxy groups -OCH3 is 1. The molecule has 1 aliphatic carbocycles. The van der Waals surface area contributed by atoms with Crippen molar-refractivity contribution >= 4 is 17.8 Å². The molecule has 2 heterocycles. The predicted molar refractivity (Wildman–Crippen MR) is 129 cm³/mol. The van der Waals surface area contributed by atoms with Crippen molar-refractivity contribution in [1.29, 1.82) is 0 Å². The fourth-order valence-corrected chi connectivity index (χ4v) is 4.94. The van der Waals surface area contributed by atoms with Gasteiger partial charge in [0.2, 0.25) is 5.91 Å². The van der Waals surface area contributed by atoms with Gasteiger partial charge in [0.1, 0.15) is 17.0 Å². The maximum atomic E-state index is 13.6. The molecule has 188 valence electrons. The Kier molecular flexibility index (Phi) is 7.42. The lowest BCUT2D eigenvalue weighted by Gasteiger charge is -2.44. The van der Waals surface area contributed by atoms with Crippen LogP contribution in [0.5, 0.6) is 5.75 Å². The van der Waals surface area contributed by atoms with Crippen LogP contribution in [0.1, 0.15) is 72.5 Å². The number of nitrogens with zero attached hydrogens (tertiary/aromatic N) is 3. The van der Waals surface area contributed by atoms with Crippen LogP contribution in [0.2, 0.25) is 0 Å². The molecule has 0 spiro atoms. The van der Waals surface area contributed by atoms with E-state index in [1.165, 1.54) is 24.3 Å². The Balaban J connectivity index is 1.60.